The molecule has 1 fully saturated rings. The summed E-state index contributed by atoms with van der Waals surface area (Å²) >= 11 is 0. The first-order valence-electron chi connectivity index (χ1n) is 3.01. The molecule has 0 N–H and O–H groups in total. The van der Waals surface area contributed by atoms with Crippen molar-refractivity contribution in [3.63, 3.8) is 0 Å². The molecule has 0 amide bonds. The fourth-order valence-electron chi connectivity index (χ4n) is 0.902. The summed E-state index contributed by atoms with van der Waals surface area (Å²) in [5, 5.41) is 0. The summed E-state index contributed by atoms with van der Waals surface area (Å²) in [6.45, 7) is 1.02. The molecule has 1 aliphatic heterocycles. The molecular weight excluding hydrogens is 163 g/mol. The molecule has 1 unspecified atom stereocenters. The van der Waals surface area contributed by atoms with Gasteiger partial charge in [0.15, 0.2) is 0 Å². The molecule has 52 valence electrons. The largest absolute Gasteiger partial charge is 0.383 e. The van der Waals surface area contributed by atoms with Gasteiger partial charge in [0.05, 0.1) is 0 Å². The predicted octanol–water partition coefficient (Wildman–Crippen LogP) is -0.124. The van der Waals surface area contributed by atoms with Gasteiger partial charge < -0.3 is 4.74 Å². The molecule has 1 saturated heterocycles. The Balaban J connectivity index is 0.000000490. The predicted molar refractivity (Wildman–Crippen MR) is 33.5 cm³/mol. The third-order valence-corrected chi connectivity index (χ3v) is 2.32. The van der Waals surface area contributed by atoms with Crippen molar-refractivity contribution in [1.82, 2.24) is 0 Å². The van der Waals surface area contributed by atoms with Gasteiger partial charge in [-0.25, -0.2) is 0 Å². The molecule has 0 bridgehead atoms. The Bertz CT molecular complexity index is 54.4. The molecule has 1 aliphatic rings. The summed E-state index contributed by atoms with van der Waals surface area (Å²) in [7, 11) is 1.23. The van der Waals surface area contributed by atoms with Gasteiger partial charge in [0.1, 0.15) is 0 Å². The summed E-state index contributed by atoms with van der Waals surface area (Å²) < 4.78 is 5.34. The van der Waals surface area contributed by atoms with Crippen LogP contribution in [-0.2, 0) is 21.2 Å². The molecule has 1 heterocycles. The maximum absolute atomic E-state index is 5.34. The Morgan fingerprint density at radius 2 is 2.12 bits per heavy atom. The Morgan fingerprint density at radius 1 is 1.38 bits per heavy atom. The van der Waals surface area contributed by atoms with E-state index >= 15 is 0 Å². The van der Waals surface area contributed by atoms with E-state index in [1.54, 1.807) is 0 Å². The topological polar surface area (TPSA) is 9.23 Å². The maximum Gasteiger partial charge on any atom is 0.0465 e. The molecule has 0 radical (unpaired) electrons. The normalized spacial score (nSPS) is 29.2. The van der Waals surface area contributed by atoms with Crippen LogP contribution in [0.25, 0.3) is 0 Å². The van der Waals surface area contributed by atoms with Crippen molar-refractivity contribution in [3.05, 3.63) is 0 Å². The van der Waals surface area contributed by atoms with Crippen LogP contribution in [0.3, 0.4) is 0 Å². The number of hydrogen-bond acceptors (Lipinski definition) is 1. The van der Waals surface area contributed by atoms with Crippen molar-refractivity contribution in [3.8, 4) is 0 Å². The van der Waals surface area contributed by atoms with Crippen molar-refractivity contribution in [2.45, 2.75) is 25.0 Å². The van der Waals surface area contributed by atoms with E-state index in [-0.39, 0.29) is 16.5 Å². The van der Waals surface area contributed by atoms with E-state index < -0.39 is 0 Å². The smallest absolute Gasteiger partial charge is 0.0465 e. The van der Waals surface area contributed by atoms with Gasteiger partial charge in [0, 0.05) is 39.1 Å². The van der Waals surface area contributed by atoms with E-state index in [0.29, 0.717) is 5.73 Å². The molecular formula is C5H12NiOSi. The fraction of sp³-hybridized carbons (Fsp3) is 1.00. The fourth-order valence-corrected chi connectivity index (χ4v) is 1.55. The van der Waals surface area contributed by atoms with Crippen LogP contribution in [-0.4, -0.2) is 22.6 Å². The SMILES string of the molecule is [Ni].[SiH3]C1CCCCO1. The molecule has 0 spiro atoms. The standard InChI is InChI=1S/C5H12OSi.Ni/c7-5-3-1-2-4-6-5;/h5H,1-4H2,7H3;. The molecule has 0 aromatic heterocycles. The first-order chi connectivity index (χ1) is 3.39. The minimum absolute atomic E-state index is 0. The third kappa shape index (κ3) is 2.85. The average Bonchev–Trinajstić information content (AvgIpc) is 1.69. The van der Waals surface area contributed by atoms with Crippen molar-refractivity contribution >= 4 is 10.2 Å². The summed E-state index contributed by atoms with van der Waals surface area (Å²) in [5.41, 5.74) is 0.675. The Labute approximate surface area is 63.5 Å². The molecule has 0 aliphatic carbocycles. The van der Waals surface area contributed by atoms with Crippen molar-refractivity contribution in [2.75, 3.05) is 6.61 Å². The number of rotatable bonds is 0. The van der Waals surface area contributed by atoms with Gasteiger partial charge >= 0.3 is 0 Å². The summed E-state index contributed by atoms with van der Waals surface area (Å²) in [6, 6.07) is 0. The maximum atomic E-state index is 5.34. The third-order valence-electron chi connectivity index (χ3n) is 1.41. The number of ether oxygens (including phenoxy) is 1. The molecule has 0 saturated carbocycles. The van der Waals surface area contributed by atoms with Gasteiger partial charge in [-0.2, -0.15) is 0 Å². The number of hydrogen-bond donors (Lipinski definition) is 0. The van der Waals surface area contributed by atoms with Crippen LogP contribution in [0, 0.1) is 0 Å². The van der Waals surface area contributed by atoms with E-state index in [0.717, 1.165) is 6.61 Å². The molecule has 1 atom stereocenters. The van der Waals surface area contributed by atoms with Crippen LogP contribution in [0.1, 0.15) is 19.3 Å². The van der Waals surface area contributed by atoms with Gasteiger partial charge in [-0.1, -0.05) is 0 Å². The Morgan fingerprint density at radius 3 is 2.38 bits per heavy atom. The Kier molecular flexibility index (Phi) is 4.92. The van der Waals surface area contributed by atoms with Crippen molar-refractivity contribution in [2.24, 2.45) is 0 Å². The zero-order chi connectivity index (χ0) is 5.11. The van der Waals surface area contributed by atoms with Crippen molar-refractivity contribution in [1.29, 1.82) is 0 Å². The summed E-state index contributed by atoms with van der Waals surface area (Å²) in [6.07, 6.45) is 4.01. The van der Waals surface area contributed by atoms with Crippen LogP contribution in [0.4, 0.5) is 0 Å². The molecule has 8 heavy (non-hydrogen) atoms. The van der Waals surface area contributed by atoms with Crippen LogP contribution >= 0.6 is 0 Å². The molecule has 0 aromatic carbocycles. The minimum atomic E-state index is 0. The van der Waals surface area contributed by atoms with Crippen LogP contribution in [0.15, 0.2) is 0 Å². The van der Waals surface area contributed by atoms with Gasteiger partial charge in [0.25, 0.3) is 0 Å². The molecule has 1 rings (SSSR count). The zero-order valence-corrected chi connectivity index (χ0v) is 8.12. The summed E-state index contributed by atoms with van der Waals surface area (Å²) in [5.74, 6) is 0. The minimum Gasteiger partial charge on any atom is -0.383 e. The van der Waals surface area contributed by atoms with Crippen LogP contribution in [0.2, 0.25) is 0 Å². The van der Waals surface area contributed by atoms with E-state index in [4.69, 9.17) is 4.74 Å². The van der Waals surface area contributed by atoms with Gasteiger partial charge in [0.2, 0.25) is 0 Å². The molecule has 3 heteroatoms. The van der Waals surface area contributed by atoms with Crippen molar-refractivity contribution < 1.29 is 21.2 Å². The second-order valence-electron chi connectivity index (χ2n) is 2.18. The van der Waals surface area contributed by atoms with E-state index in [1.165, 1.54) is 29.5 Å². The second-order valence-corrected chi connectivity index (χ2v) is 3.47. The van der Waals surface area contributed by atoms with E-state index in [1.807, 2.05) is 0 Å². The van der Waals surface area contributed by atoms with E-state index in [2.05, 4.69) is 0 Å². The average molecular weight is 175 g/mol. The molecule has 0 aromatic rings. The zero-order valence-electron chi connectivity index (χ0n) is 5.13. The molecule has 1 nitrogen and oxygen atoms in total. The van der Waals surface area contributed by atoms with E-state index in [9.17, 15) is 0 Å². The quantitative estimate of drug-likeness (QED) is 0.466. The summed E-state index contributed by atoms with van der Waals surface area (Å²) in [4.78, 5) is 0. The van der Waals surface area contributed by atoms with Gasteiger partial charge in [-0.05, 0) is 19.3 Å². The monoisotopic (exact) mass is 174 g/mol. The van der Waals surface area contributed by atoms with Gasteiger partial charge in [-0.3, -0.25) is 0 Å². The van der Waals surface area contributed by atoms with Gasteiger partial charge in [-0.15, -0.1) is 0 Å². The first kappa shape index (κ1) is 8.67. The second kappa shape index (κ2) is 4.54. The Hall–Kier alpha value is 0.670. The first-order valence-corrected chi connectivity index (χ1v) is 4.16. The van der Waals surface area contributed by atoms with Crippen LogP contribution in [0.5, 0.6) is 0 Å². The van der Waals surface area contributed by atoms with Crippen LogP contribution < -0.4 is 0 Å².